The first-order valence-corrected chi connectivity index (χ1v) is 6.00. The number of hydrogen-bond donors (Lipinski definition) is 2. The minimum absolute atomic E-state index is 0.0636. The lowest BCUT2D eigenvalue weighted by Gasteiger charge is -2.26. The van der Waals surface area contributed by atoms with Crippen molar-refractivity contribution in [3.63, 3.8) is 0 Å². The van der Waals surface area contributed by atoms with Crippen LogP contribution in [-0.2, 0) is 0 Å². The molecule has 0 aliphatic carbocycles. The van der Waals surface area contributed by atoms with E-state index in [1.807, 2.05) is 6.07 Å². The highest BCUT2D eigenvalue weighted by Gasteiger charge is 2.17. The molecule has 1 aromatic carbocycles. The van der Waals surface area contributed by atoms with Crippen LogP contribution in [0, 0.1) is 5.82 Å². The molecule has 0 radical (unpaired) electrons. The molecule has 2 rings (SSSR count). The van der Waals surface area contributed by atoms with Gasteiger partial charge in [-0.1, -0.05) is 18.6 Å². The van der Waals surface area contributed by atoms with Crippen LogP contribution >= 0.6 is 0 Å². The van der Waals surface area contributed by atoms with Crippen molar-refractivity contribution in [2.24, 2.45) is 5.73 Å². The number of rotatable bonds is 3. The van der Waals surface area contributed by atoms with Crippen LogP contribution in [-0.4, -0.2) is 12.6 Å². The zero-order valence-corrected chi connectivity index (χ0v) is 9.45. The van der Waals surface area contributed by atoms with Gasteiger partial charge in [0, 0.05) is 12.1 Å². The van der Waals surface area contributed by atoms with Crippen LogP contribution in [0.5, 0.6) is 0 Å². The summed E-state index contributed by atoms with van der Waals surface area (Å²) in [7, 11) is 0. The molecule has 1 saturated heterocycles. The zero-order valence-electron chi connectivity index (χ0n) is 9.45. The van der Waals surface area contributed by atoms with E-state index in [2.05, 4.69) is 5.32 Å². The van der Waals surface area contributed by atoms with Crippen molar-refractivity contribution in [1.82, 2.24) is 5.32 Å². The Kier molecular flexibility index (Phi) is 3.91. The number of halogens is 1. The summed E-state index contributed by atoms with van der Waals surface area (Å²) in [6, 6.07) is 7.04. The van der Waals surface area contributed by atoms with Gasteiger partial charge in [0.25, 0.3) is 0 Å². The Labute approximate surface area is 96.0 Å². The van der Waals surface area contributed by atoms with E-state index in [-0.39, 0.29) is 11.9 Å². The van der Waals surface area contributed by atoms with Crippen molar-refractivity contribution in [1.29, 1.82) is 0 Å². The fourth-order valence-corrected chi connectivity index (χ4v) is 2.31. The fourth-order valence-electron chi connectivity index (χ4n) is 2.31. The molecule has 16 heavy (non-hydrogen) atoms. The van der Waals surface area contributed by atoms with Crippen molar-refractivity contribution in [2.75, 3.05) is 6.54 Å². The lowest BCUT2D eigenvalue weighted by atomic mass is 9.95. The molecule has 1 aromatic rings. The summed E-state index contributed by atoms with van der Waals surface area (Å²) in [6.07, 6.45) is 4.60. The van der Waals surface area contributed by atoms with Gasteiger partial charge in [-0.2, -0.15) is 0 Å². The summed E-state index contributed by atoms with van der Waals surface area (Å²) < 4.78 is 13.0. The lowest BCUT2D eigenvalue weighted by Crippen LogP contribution is -2.36. The average molecular weight is 222 g/mol. The highest BCUT2D eigenvalue weighted by atomic mass is 19.1. The van der Waals surface area contributed by atoms with Gasteiger partial charge in [0.1, 0.15) is 5.82 Å². The van der Waals surface area contributed by atoms with Crippen LogP contribution in [0.2, 0.25) is 0 Å². The molecule has 0 amide bonds. The number of piperidine rings is 1. The second kappa shape index (κ2) is 5.41. The van der Waals surface area contributed by atoms with Crippen molar-refractivity contribution in [3.8, 4) is 0 Å². The van der Waals surface area contributed by atoms with E-state index in [1.54, 1.807) is 6.07 Å². The third-order valence-electron chi connectivity index (χ3n) is 3.23. The van der Waals surface area contributed by atoms with Crippen molar-refractivity contribution in [3.05, 3.63) is 35.6 Å². The zero-order chi connectivity index (χ0) is 11.4. The van der Waals surface area contributed by atoms with Crippen LogP contribution in [0.25, 0.3) is 0 Å². The first-order chi connectivity index (χ1) is 7.75. The number of nitrogens with one attached hydrogen (secondary N) is 1. The largest absolute Gasteiger partial charge is 0.324 e. The minimum atomic E-state index is -0.204. The highest BCUT2D eigenvalue weighted by Crippen LogP contribution is 2.20. The Bertz CT molecular complexity index is 334. The van der Waals surface area contributed by atoms with Crippen molar-refractivity contribution < 1.29 is 4.39 Å². The summed E-state index contributed by atoms with van der Waals surface area (Å²) in [5, 5.41) is 3.46. The fraction of sp³-hybridized carbons (Fsp3) is 0.538. The summed E-state index contributed by atoms with van der Waals surface area (Å²) in [4.78, 5) is 0. The van der Waals surface area contributed by atoms with Gasteiger partial charge in [-0.3, -0.25) is 0 Å². The number of benzene rings is 1. The Morgan fingerprint density at radius 3 is 3.00 bits per heavy atom. The van der Waals surface area contributed by atoms with E-state index in [9.17, 15) is 4.39 Å². The van der Waals surface area contributed by atoms with E-state index in [0.29, 0.717) is 6.04 Å². The number of hydrogen-bond acceptors (Lipinski definition) is 2. The van der Waals surface area contributed by atoms with E-state index < -0.39 is 0 Å². The molecule has 2 atom stereocenters. The minimum Gasteiger partial charge on any atom is -0.324 e. The Morgan fingerprint density at radius 1 is 1.44 bits per heavy atom. The molecular weight excluding hydrogens is 203 g/mol. The molecule has 0 aromatic heterocycles. The van der Waals surface area contributed by atoms with Crippen molar-refractivity contribution in [2.45, 2.75) is 37.8 Å². The Hall–Kier alpha value is -0.930. The molecule has 0 saturated carbocycles. The summed E-state index contributed by atoms with van der Waals surface area (Å²) in [6.45, 7) is 1.08. The molecule has 88 valence electrons. The second-order valence-electron chi connectivity index (χ2n) is 4.54. The average Bonchev–Trinajstić information content (AvgIpc) is 2.30. The lowest BCUT2D eigenvalue weighted by molar-refractivity contribution is 0.362. The maximum Gasteiger partial charge on any atom is 0.123 e. The maximum atomic E-state index is 13.0. The van der Waals surface area contributed by atoms with Gasteiger partial charge in [0.15, 0.2) is 0 Å². The monoisotopic (exact) mass is 222 g/mol. The Balaban J connectivity index is 1.94. The summed E-state index contributed by atoms with van der Waals surface area (Å²) >= 11 is 0. The molecule has 3 N–H and O–H groups in total. The van der Waals surface area contributed by atoms with E-state index in [4.69, 9.17) is 5.73 Å². The van der Waals surface area contributed by atoms with E-state index >= 15 is 0 Å². The third kappa shape index (κ3) is 3.03. The molecule has 0 bridgehead atoms. The topological polar surface area (TPSA) is 38.0 Å². The number of nitrogens with two attached hydrogens (primary N) is 1. The first kappa shape index (κ1) is 11.6. The molecule has 1 fully saturated rings. The normalized spacial score (nSPS) is 23.0. The smallest absolute Gasteiger partial charge is 0.123 e. The van der Waals surface area contributed by atoms with Gasteiger partial charge < -0.3 is 11.1 Å². The van der Waals surface area contributed by atoms with E-state index in [1.165, 1.54) is 31.4 Å². The molecule has 2 nitrogen and oxygen atoms in total. The summed E-state index contributed by atoms with van der Waals surface area (Å²) in [5.41, 5.74) is 6.98. The van der Waals surface area contributed by atoms with Crippen LogP contribution < -0.4 is 11.1 Å². The van der Waals surface area contributed by atoms with Crippen LogP contribution in [0.1, 0.15) is 37.3 Å². The molecule has 3 heteroatoms. The van der Waals surface area contributed by atoms with Crippen LogP contribution in [0.15, 0.2) is 24.3 Å². The molecule has 1 aliphatic heterocycles. The Morgan fingerprint density at radius 2 is 2.31 bits per heavy atom. The van der Waals surface area contributed by atoms with Gasteiger partial charge in [-0.25, -0.2) is 4.39 Å². The van der Waals surface area contributed by atoms with Gasteiger partial charge >= 0.3 is 0 Å². The van der Waals surface area contributed by atoms with Gasteiger partial charge in [0.2, 0.25) is 0 Å². The first-order valence-electron chi connectivity index (χ1n) is 6.00. The molecule has 0 spiro atoms. The van der Waals surface area contributed by atoms with Crippen LogP contribution in [0.3, 0.4) is 0 Å². The van der Waals surface area contributed by atoms with Gasteiger partial charge in [0.05, 0.1) is 0 Å². The molecular formula is C13H19FN2. The molecule has 2 unspecified atom stereocenters. The SMILES string of the molecule is NC(CC1CCCCN1)c1cccc(F)c1. The predicted octanol–water partition coefficient (Wildman–Crippen LogP) is 2.36. The summed E-state index contributed by atoms with van der Waals surface area (Å²) in [5.74, 6) is -0.204. The quantitative estimate of drug-likeness (QED) is 0.824. The standard InChI is InChI=1S/C13H19FN2/c14-11-5-3-4-10(8-11)13(15)9-12-6-1-2-7-16-12/h3-5,8,12-13,16H,1-2,6-7,9,15H2. The second-order valence-corrected chi connectivity index (χ2v) is 4.54. The van der Waals surface area contributed by atoms with E-state index in [0.717, 1.165) is 18.5 Å². The predicted molar refractivity (Wildman–Crippen MR) is 63.6 cm³/mol. The van der Waals surface area contributed by atoms with Crippen LogP contribution in [0.4, 0.5) is 4.39 Å². The highest BCUT2D eigenvalue weighted by molar-refractivity contribution is 5.19. The third-order valence-corrected chi connectivity index (χ3v) is 3.23. The maximum absolute atomic E-state index is 13.0. The molecule has 1 aliphatic rings. The molecule has 1 heterocycles. The van der Waals surface area contributed by atoms with Gasteiger partial charge in [-0.05, 0) is 43.5 Å². The van der Waals surface area contributed by atoms with Crippen molar-refractivity contribution >= 4 is 0 Å². The van der Waals surface area contributed by atoms with Gasteiger partial charge in [-0.15, -0.1) is 0 Å².